The summed E-state index contributed by atoms with van der Waals surface area (Å²) in [4.78, 5) is 23.6. The highest BCUT2D eigenvalue weighted by Gasteiger charge is 2.38. The predicted molar refractivity (Wildman–Crippen MR) is 112 cm³/mol. The average Bonchev–Trinajstić information content (AvgIpc) is 3.05. The van der Waals surface area contributed by atoms with Gasteiger partial charge in [0.05, 0.1) is 19.6 Å². The second kappa shape index (κ2) is 14.8. The Labute approximate surface area is 177 Å². The molecule has 2 atom stereocenters. The van der Waals surface area contributed by atoms with E-state index in [0.29, 0.717) is 26.1 Å². The van der Waals surface area contributed by atoms with Crippen molar-refractivity contribution in [3.05, 3.63) is 0 Å². The van der Waals surface area contributed by atoms with Crippen molar-refractivity contribution in [2.24, 2.45) is 5.92 Å². The molecule has 6 heteroatoms. The zero-order valence-corrected chi connectivity index (χ0v) is 19.0. The Balaban J connectivity index is 2.08. The van der Waals surface area contributed by atoms with E-state index in [1.165, 1.54) is 19.3 Å². The summed E-state index contributed by atoms with van der Waals surface area (Å²) < 4.78 is 22.1. The number of hydrogen-bond donors (Lipinski definition) is 0. The maximum Gasteiger partial charge on any atom is 0.305 e. The fraction of sp³-hybridized carbons (Fsp3) is 0.913. The van der Waals surface area contributed by atoms with Crippen molar-refractivity contribution in [2.75, 3.05) is 19.8 Å². The molecule has 1 saturated heterocycles. The van der Waals surface area contributed by atoms with Gasteiger partial charge in [-0.15, -0.1) is 0 Å². The van der Waals surface area contributed by atoms with Gasteiger partial charge in [-0.2, -0.15) is 0 Å². The van der Waals surface area contributed by atoms with E-state index in [-0.39, 0.29) is 31.1 Å². The zero-order valence-electron chi connectivity index (χ0n) is 19.0. The molecule has 0 spiro atoms. The van der Waals surface area contributed by atoms with Crippen molar-refractivity contribution in [2.45, 2.75) is 110 Å². The van der Waals surface area contributed by atoms with Crippen LogP contribution in [0.1, 0.15) is 98.3 Å². The van der Waals surface area contributed by atoms with Gasteiger partial charge in [-0.25, -0.2) is 0 Å². The lowest BCUT2D eigenvalue weighted by molar-refractivity contribution is -0.174. The molecule has 170 valence electrons. The van der Waals surface area contributed by atoms with E-state index in [4.69, 9.17) is 18.9 Å². The van der Waals surface area contributed by atoms with Crippen LogP contribution in [0, 0.1) is 5.92 Å². The first kappa shape index (κ1) is 25.9. The van der Waals surface area contributed by atoms with Crippen molar-refractivity contribution in [3.8, 4) is 0 Å². The van der Waals surface area contributed by atoms with E-state index in [1.807, 2.05) is 6.92 Å². The molecule has 0 aromatic rings. The second-order valence-corrected chi connectivity index (χ2v) is 8.64. The largest absolute Gasteiger partial charge is 0.466 e. The van der Waals surface area contributed by atoms with Gasteiger partial charge in [0.2, 0.25) is 0 Å². The average molecular weight is 415 g/mol. The monoisotopic (exact) mass is 414 g/mol. The first-order valence-corrected chi connectivity index (χ1v) is 11.5. The van der Waals surface area contributed by atoms with Crippen LogP contribution >= 0.6 is 0 Å². The molecule has 0 aliphatic carbocycles. The molecule has 2 unspecified atom stereocenters. The number of carbonyl (C=O) groups is 2. The van der Waals surface area contributed by atoms with Gasteiger partial charge in [-0.05, 0) is 25.7 Å². The minimum absolute atomic E-state index is 0.191. The third-order valence-corrected chi connectivity index (χ3v) is 5.13. The molecule has 1 rings (SSSR count). The Bertz CT molecular complexity index is 464. The van der Waals surface area contributed by atoms with Gasteiger partial charge < -0.3 is 18.9 Å². The molecule has 0 radical (unpaired) electrons. The highest BCUT2D eigenvalue weighted by Crippen LogP contribution is 2.28. The van der Waals surface area contributed by atoms with Crippen LogP contribution in [0.3, 0.4) is 0 Å². The van der Waals surface area contributed by atoms with Crippen LogP contribution in [0.4, 0.5) is 0 Å². The lowest BCUT2D eigenvalue weighted by atomic mass is 10.0. The first-order valence-electron chi connectivity index (χ1n) is 11.5. The molecular weight excluding hydrogens is 372 g/mol. The van der Waals surface area contributed by atoms with E-state index in [2.05, 4.69) is 20.8 Å². The van der Waals surface area contributed by atoms with Crippen LogP contribution in [0.2, 0.25) is 0 Å². The minimum atomic E-state index is -0.824. The van der Waals surface area contributed by atoms with Crippen molar-refractivity contribution >= 4 is 11.9 Å². The molecule has 0 bridgehead atoms. The molecule has 1 fully saturated rings. The fourth-order valence-corrected chi connectivity index (χ4v) is 3.28. The van der Waals surface area contributed by atoms with E-state index in [0.717, 1.165) is 38.0 Å². The summed E-state index contributed by atoms with van der Waals surface area (Å²) >= 11 is 0. The van der Waals surface area contributed by atoms with Crippen LogP contribution in [-0.2, 0) is 28.5 Å². The summed E-state index contributed by atoms with van der Waals surface area (Å²) in [5.74, 6) is -0.476. The fourth-order valence-electron chi connectivity index (χ4n) is 3.28. The van der Waals surface area contributed by atoms with E-state index >= 15 is 0 Å². The summed E-state index contributed by atoms with van der Waals surface area (Å²) in [5.41, 5.74) is 0. The molecule has 1 aliphatic heterocycles. The molecule has 1 heterocycles. The maximum atomic E-state index is 11.9. The summed E-state index contributed by atoms with van der Waals surface area (Å²) in [6.07, 6.45) is 9.54. The SMILES string of the molecule is CCCCCC(=O)OCC1COC(C)(CCC(=O)OCCCCCCC(C)C)O1. The van der Waals surface area contributed by atoms with Gasteiger partial charge in [0, 0.05) is 12.8 Å². The van der Waals surface area contributed by atoms with Crippen molar-refractivity contribution in [3.63, 3.8) is 0 Å². The highest BCUT2D eigenvalue weighted by molar-refractivity contribution is 5.69. The molecule has 0 amide bonds. The van der Waals surface area contributed by atoms with Crippen LogP contribution in [0.25, 0.3) is 0 Å². The maximum absolute atomic E-state index is 11.9. The number of carbonyl (C=O) groups excluding carboxylic acids is 2. The van der Waals surface area contributed by atoms with E-state index in [9.17, 15) is 9.59 Å². The summed E-state index contributed by atoms with van der Waals surface area (Å²) in [7, 11) is 0. The van der Waals surface area contributed by atoms with Crippen LogP contribution in [0.15, 0.2) is 0 Å². The smallest absolute Gasteiger partial charge is 0.305 e. The van der Waals surface area contributed by atoms with Gasteiger partial charge >= 0.3 is 11.9 Å². The van der Waals surface area contributed by atoms with Gasteiger partial charge in [0.1, 0.15) is 12.7 Å². The van der Waals surface area contributed by atoms with Crippen molar-refractivity contribution < 1.29 is 28.5 Å². The van der Waals surface area contributed by atoms with Gasteiger partial charge in [0.15, 0.2) is 5.79 Å². The zero-order chi connectivity index (χ0) is 21.5. The normalized spacial score (nSPS) is 21.5. The standard InChI is InChI=1S/C23H42O6/c1-5-6-9-13-21(24)27-17-20-18-28-23(4,29-20)15-14-22(25)26-16-11-8-7-10-12-19(2)3/h19-20H,5-18H2,1-4H3. The number of ether oxygens (including phenoxy) is 4. The summed E-state index contributed by atoms with van der Waals surface area (Å²) in [5, 5.41) is 0. The molecule has 0 aromatic carbocycles. The topological polar surface area (TPSA) is 71.1 Å². The third-order valence-electron chi connectivity index (χ3n) is 5.13. The predicted octanol–water partition coefficient (Wildman–Crippen LogP) is 5.17. The number of unbranched alkanes of at least 4 members (excludes halogenated alkanes) is 5. The highest BCUT2D eigenvalue weighted by atomic mass is 16.7. The summed E-state index contributed by atoms with van der Waals surface area (Å²) in [6, 6.07) is 0. The van der Waals surface area contributed by atoms with E-state index in [1.54, 1.807) is 0 Å². The van der Waals surface area contributed by atoms with Crippen LogP contribution in [-0.4, -0.2) is 43.7 Å². The third kappa shape index (κ3) is 12.9. The molecule has 0 N–H and O–H groups in total. The quantitative estimate of drug-likeness (QED) is 0.256. The number of hydrogen-bond acceptors (Lipinski definition) is 6. The van der Waals surface area contributed by atoms with Crippen LogP contribution in [0.5, 0.6) is 0 Å². The number of rotatable bonds is 16. The van der Waals surface area contributed by atoms with Gasteiger partial charge in [-0.1, -0.05) is 59.3 Å². The Morgan fingerprint density at radius 2 is 1.72 bits per heavy atom. The molecule has 0 aromatic heterocycles. The van der Waals surface area contributed by atoms with E-state index < -0.39 is 5.79 Å². The van der Waals surface area contributed by atoms with Crippen molar-refractivity contribution in [1.29, 1.82) is 0 Å². The lowest BCUT2D eigenvalue weighted by Crippen LogP contribution is -2.29. The van der Waals surface area contributed by atoms with Gasteiger partial charge in [-0.3, -0.25) is 9.59 Å². The van der Waals surface area contributed by atoms with Crippen LogP contribution < -0.4 is 0 Å². The molecule has 6 nitrogen and oxygen atoms in total. The number of esters is 2. The van der Waals surface area contributed by atoms with Gasteiger partial charge in [0.25, 0.3) is 0 Å². The molecular formula is C23H42O6. The lowest BCUT2D eigenvalue weighted by Gasteiger charge is -2.22. The second-order valence-electron chi connectivity index (χ2n) is 8.64. The summed E-state index contributed by atoms with van der Waals surface area (Å²) in [6.45, 7) is 9.44. The molecule has 29 heavy (non-hydrogen) atoms. The minimum Gasteiger partial charge on any atom is -0.466 e. The Hall–Kier alpha value is -1.14. The van der Waals surface area contributed by atoms with Crippen molar-refractivity contribution in [1.82, 2.24) is 0 Å². The Kier molecular flexibility index (Phi) is 13.2. The molecule has 1 aliphatic rings. The Morgan fingerprint density at radius 1 is 1.00 bits per heavy atom. The first-order chi connectivity index (χ1) is 13.8. The molecule has 0 saturated carbocycles. The Morgan fingerprint density at radius 3 is 2.45 bits per heavy atom.